The number of aliphatic hydroxyl groups excluding tert-OH is 1. The van der Waals surface area contributed by atoms with Gasteiger partial charge in [0.2, 0.25) is 0 Å². The van der Waals surface area contributed by atoms with Crippen LogP contribution in [-0.4, -0.2) is 10.1 Å². The van der Waals surface area contributed by atoms with Gasteiger partial charge in [-0.2, -0.15) is 13.2 Å². The monoisotopic (exact) mass is 493 g/mol. The van der Waals surface area contributed by atoms with Gasteiger partial charge in [-0.25, -0.2) is 0 Å². The smallest absolute Gasteiger partial charge is 0.388 e. The SMILES string of the molecule is Cc1ccc(-c2c(Cc3ccc(C(F)(F)F)cc3)c(C3CCCC3)nc3c2[C@@H](O)CC(C)(C)C3)cc1. The number of nitrogens with zero attached hydrogens (tertiary/aromatic N) is 1. The largest absolute Gasteiger partial charge is 0.416 e. The van der Waals surface area contributed by atoms with Gasteiger partial charge in [0, 0.05) is 22.9 Å². The van der Waals surface area contributed by atoms with Crippen LogP contribution in [0.1, 0.15) is 97.2 Å². The Morgan fingerprint density at radius 1 is 0.972 bits per heavy atom. The number of rotatable bonds is 4. The number of benzene rings is 2. The van der Waals surface area contributed by atoms with E-state index >= 15 is 0 Å². The number of pyridine rings is 1. The highest BCUT2D eigenvalue weighted by molar-refractivity contribution is 5.75. The second kappa shape index (κ2) is 9.33. The van der Waals surface area contributed by atoms with Crippen LogP contribution in [0.5, 0.6) is 0 Å². The maximum Gasteiger partial charge on any atom is 0.416 e. The molecule has 0 saturated heterocycles. The minimum Gasteiger partial charge on any atom is -0.388 e. The molecule has 0 radical (unpaired) electrons. The third kappa shape index (κ3) is 4.95. The topological polar surface area (TPSA) is 33.1 Å². The molecule has 0 unspecified atom stereocenters. The van der Waals surface area contributed by atoms with Crippen LogP contribution in [0.25, 0.3) is 11.1 Å². The third-order valence-electron chi connectivity index (χ3n) is 7.92. The molecule has 1 saturated carbocycles. The average Bonchev–Trinajstić information content (AvgIpc) is 3.33. The zero-order valence-electron chi connectivity index (χ0n) is 21.3. The van der Waals surface area contributed by atoms with Gasteiger partial charge >= 0.3 is 6.18 Å². The summed E-state index contributed by atoms with van der Waals surface area (Å²) in [4.78, 5) is 5.26. The van der Waals surface area contributed by atoms with Gasteiger partial charge in [-0.15, -0.1) is 0 Å². The van der Waals surface area contributed by atoms with Crippen molar-refractivity contribution in [3.8, 4) is 11.1 Å². The zero-order valence-corrected chi connectivity index (χ0v) is 21.3. The summed E-state index contributed by atoms with van der Waals surface area (Å²) in [6.07, 6.45) is 1.44. The molecule has 5 rings (SSSR count). The van der Waals surface area contributed by atoms with Crippen molar-refractivity contribution in [2.75, 3.05) is 0 Å². The van der Waals surface area contributed by atoms with Crippen molar-refractivity contribution in [1.29, 1.82) is 0 Å². The molecule has 5 heteroatoms. The molecule has 1 atom stereocenters. The Bertz CT molecular complexity index is 1240. The molecule has 0 bridgehead atoms. The summed E-state index contributed by atoms with van der Waals surface area (Å²) in [6, 6.07) is 13.9. The molecule has 2 aliphatic carbocycles. The summed E-state index contributed by atoms with van der Waals surface area (Å²) in [6.45, 7) is 6.41. The van der Waals surface area contributed by atoms with Crippen molar-refractivity contribution in [1.82, 2.24) is 4.98 Å². The molecular formula is C31H34F3NO. The van der Waals surface area contributed by atoms with E-state index < -0.39 is 17.8 Å². The van der Waals surface area contributed by atoms with E-state index in [9.17, 15) is 18.3 Å². The lowest BCUT2D eigenvalue weighted by molar-refractivity contribution is -0.137. The van der Waals surface area contributed by atoms with E-state index in [-0.39, 0.29) is 5.41 Å². The molecule has 36 heavy (non-hydrogen) atoms. The van der Waals surface area contributed by atoms with Crippen molar-refractivity contribution >= 4 is 0 Å². The van der Waals surface area contributed by atoms with E-state index in [2.05, 4.69) is 45.0 Å². The second-order valence-corrected chi connectivity index (χ2v) is 11.5. The zero-order chi connectivity index (χ0) is 25.7. The van der Waals surface area contributed by atoms with Gasteiger partial charge in [-0.05, 0) is 78.8 Å². The molecule has 2 aromatic carbocycles. The van der Waals surface area contributed by atoms with Gasteiger partial charge < -0.3 is 5.11 Å². The van der Waals surface area contributed by atoms with Gasteiger partial charge in [0.25, 0.3) is 0 Å². The van der Waals surface area contributed by atoms with Crippen molar-refractivity contribution in [2.45, 2.75) is 83.9 Å². The minimum absolute atomic E-state index is 0.0498. The first kappa shape index (κ1) is 25.0. The van der Waals surface area contributed by atoms with Crippen LogP contribution >= 0.6 is 0 Å². The van der Waals surface area contributed by atoms with Crippen molar-refractivity contribution in [3.63, 3.8) is 0 Å². The molecule has 0 amide bonds. The van der Waals surface area contributed by atoms with E-state index in [1.165, 1.54) is 12.1 Å². The Hall–Kier alpha value is -2.66. The fourth-order valence-electron chi connectivity index (χ4n) is 6.13. The van der Waals surface area contributed by atoms with Crippen LogP contribution < -0.4 is 0 Å². The number of aliphatic hydroxyl groups is 1. The normalized spacial score (nSPS) is 19.9. The Kier molecular flexibility index (Phi) is 6.48. The lowest BCUT2D eigenvalue weighted by Crippen LogP contribution is -2.28. The fraction of sp³-hybridized carbons (Fsp3) is 0.452. The van der Waals surface area contributed by atoms with Crippen LogP contribution in [0.2, 0.25) is 0 Å². The van der Waals surface area contributed by atoms with Crippen LogP contribution in [0.3, 0.4) is 0 Å². The highest BCUT2D eigenvalue weighted by Crippen LogP contribution is 2.48. The predicted octanol–water partition coefficient (Wildman–Crippen LogP) is 8.33. The third-order valence-corrected chi connectivity index (χ3v) is 7.92. The second-order valence-electron chi connectivity index (χ2n) is 11.5. The summed E-state index contributed by atoms with van der Waals surface area (Å²) >= 11 is 0. The quantitative estimate of drug-likeness (QED) is 0.396. The number of aryl methyl sites for hydroxylation is 1. The number of aromatic nitrogens is 1. The van der Waals surface area contributed by atoms with E-state index in [4.69, 9.17) is 4.98 Å². The van der Waals surface area contributed by atoms with E-state index in [1.54, 1.807) is 12.1 Å². The number of fused-ring (bicyclic) bond motifs is 1. The number of alkyl halides is 3. The summed E-state index contributed by atoms with van der Waals surface area (Å²) in [7, 11) is 0. The summed E-state index contributed by atoms with van der Waals surface area (Å²) < 4.78 is 39.6. The Balaban J connectivity index is 1.72. The first-order chi connectivity index (χ1) is 17.0. The summed E-state index contributed by atoms with van der Waals surface area (Å²) in [5.74, 6) is 0.339. The van der Waals surface area contributed by atoms with Gasteiger partial charge in [-0.3, -0.25) is 4.98 Å². The van der Waals surface area contributed by atoms with Crippen molar-refractivity contribution in [3.05, 3.63) is 87.7 Å². The maximum atomic E-state index is 13.2. The molecule has 1 aromatic heterocycles. The standard InChI is InChI=1S/C31H34F3NO/c1-19-8-12-21(13-9-19)27-24(16-20-10-14-23(15-11-20)31(32,33)34)29(22-6-4-5-7-22)35-25-17-30(2,3)18-26(36)28(25)27/h8-15,22,26,36H,4-7,16-18H2,1-3H3/t26-/m0/s1. The highest BCUT2D eigenvalue weighted by atomic mass is 19.4. The van der Waals surface area contributed by atoms with Gasteiger partial charge in [-0.1, -0.05) is 68.7 Å². The highest BCUT2D eigenvalue weighted by Gasteiger charge is 2.37. The Morgan fingerprint density at radius 3 is 2.22 bits per heavy atom. The molecule has 3 aromatic rings. The average molecular weight is 494 g/mol. The lowest BCUT2D eigenvalue weighted by Gasteiger charge is -2.37. The van der Waals surface area contributed by atoms with Crippen LogP contribution in [-0.2, 0) is 19.0 Å². The van der Waals surface area contributed by atoms with Crippen molar-refractivity contribution in [2.24, 2.45) is 5.41 Å². The van der Waals surface area contributed by atoms with Crippen LogP contribution in [0, 0.1) is 12.3 Å². The summed E-state index contributed by atoms with van der Waals surface area (Å²) in [5, 5.41) is 11.4. The van der Waals surface area contributed by atoms with E-state index in [0.717, 1.165) is 76.9 Å². The maximum absolute atomic E-state index is 13.2. The Morgan fingerprint density at radius 2 is 1.61 bits per heavy atom. The predicted molar refractivity (Wildman–Crippen MR) is 137 cm³/mol. The first-order valence-electron chi connectivity index (χ1n) is 13.0. The lowest BCUT2D eigenvalue weighted by atomic mass is 9.71. The molecule has 190 valence electrons. The minimum atomic E-state index is -4.36. The van der Waals surface area contributed by atoms with Crippen molar-refractivity contribution < 1.29 is 18.3 Å². The van der Waals surface area contributed by atoms with Gasteiger partial charge in [0.15, 0.2) is 0 Å². The molecule has 0 spiro atoms. The van der Waals surface area contributed by atoms with Gasteiger partial charge in [0.05, 0.1) is 11.7 Å². The molecule has 0 aliphatic heterocycles. The van der Waals surface area contributed by atoms with E-state index in [1.807, 2.05) is 0 Å². The number of halogens is 3. The number of hydrogen-bond donors (Lipinski definition) is 1. The fourth-order valence-corrected chi connectivity index (χ4v) is 6.13. The van der Waals surface area contributed by atoms with Crippen LogP contribution in [0.15, 0.2) is 48.5 Å². The molecule has 1 N–H and O–H groups in total. The molecular weight excluding hydrogens is 459 g/mol. The Labute approximate surface area is 211 Å². The summed E-state index contributed by atoms with van der Waals surface area (Å²) in [5.41, 5.74) is 7.38. The molecule has 1 fully saturated rings. The van der Waals surface area contributed by atoms with Gasteiger partial charge in [0.1, 0.15) is 0 Å². The molecule has 2 aliphatic rings. The molecule has 2 nitrogen and oxygen atoms in total. The van der Waals surface area contributed by atoms with Crippen LogP contribution in [0.4, 0.5) is 13.2 Å². The molecule has 1 heterocycles. The van der Waals surface area contributed by atoms with E-state index in [0.29, 0.717) is 18.8 Å². The first-order valence-corrected chi connectivity index (χ1v) is 13.0. The number of hydrogen-bond acceptors (Lipinski definition) is 2.